The SMILES string of the molecule is CNc1cc([N+](=O)[O-])ccc1S(=O)(=O)N(C)CCCOC. The maximum absolute atomic E-state index is 12.5. The van der Waals surface area contributed by atoms with Crippen LogP contribution in [0.1, 0.15) is 6.42 Å². The molecule has 0 aliphatic heterocycles. The highest BCUT2D eigenvalue weighted by molar-refractivity contribution is 7.89. The molecule has 118 valence electrons. The summed E-state index contributed by atoms with van der Waals surface area (Å²) in [5.74, 6) is 0. The first-order valence-corrected chi connectivity index (χ1v) is 7.70. The van der Waals surface area contributed by atoms with E-state index in [2.05, 4.69) is 5.32 Å². The molecule has 0 amide bonds. The lowest BCUT2D eigenvalue weighted by atomic mass is 10.3. The highest BCUT2D eigenvalue weighted by Gasteiger charge is 2.25. The normalized spacial score (nSPS) is 11.6. The number of nitrogens with zero attached hydrogens (tertiary/aromatic N) is 2. The van der Waals surface area contributed by atoms with Crippen LogP contribution < -0.4 is 5.32 Å². The summed E-state index contributed by atoms with van der Waals surface area (Å²) in [4.78, 5) is 10.2. The molecular formula is C12H19N3O5S. The average Bonchev–Trinajstić information content (AvgIpc) is 2.46. The number of nitrogens with one attached hydrogen (secondary N) is 1. The lowest BCUT2D eigenvalue weighted by molar-refractivity contribution is -0.384. The average molecular weight is 317 g/mol. The maximum Gasteiger partial charge on any atom is 0.271 e. The molecule has 0 aromatic heterocycles. The molecule has 0 fully saturated rings. The predicted molar refractivity (Wildman–Crippen MR) is 79.0 cm³/mol. The lowest BCUT2D eigenvalue weighted by Crippen LogP contribution is -2.29. The molecule has 0 atom stereocenters. The second-order valence-corrected chi connectivity index (χ2v) is 6.37. The fraction of sp³-hybridized carbons (Fsp3) is 0.500. The van der Waals surface area contributed by atoms with E-state index in [9.17, 15) is 18.5 Å². The molecule has 0 bridgehead atoms. The number of benzene rings is 1. The smallest absolute Gasteiger partial charge is 0.271 e. The van der Waals surface area contributed by atoms with Crippen molar-refractivity contribution >= 4 is 21.4 Å². The standard InChI is InChI=1S/C12H19N3O5S/c1-13-11-9-10(15(16)17)5-6-12(11)21(18,19)14(2)7-4-8-20-3/h5-6,9,13H,4,7-8H2,1-3H3. The first-order chi connectivity index (χ1) is 9.84. The van der Waals surface area contributed by atoms with Crippen LogP contribution in [0.25, 0.3) is 0 Å². The summed E-state index contributed by atoms with van der Waals surface area (Å²) in [6.45, 7) is 0.759. The minimum absolute atomic E-state index is 0.00974. The number of rotatable bonds is 8. The van der Waals surface area contributed by atoms with E-state index in [0.29, 0.717) is 19.6 Å². The second-order valence-electron chi connectivity index (χ2n) is 4.36. The number of hydrogen-bond donors (Lipinski definition) is 1. The van der Waals surface area contributed by atoms with Crippen molar-refractivity contribution in [3.63, 3.8) is 0 Å². The van der Waals surface area contributed by atoms with Crippen molar-refractivity contribution in [2.75, 3.05) is 39.7 Å². The Kier molecular flexibility index (Phi) is 6.06. The van der Waals surface area contributed by atoms with Crippen molar-refractivity contribution in [1.29, 1.82) is 0 Å². The number of hydrogen-bond acceptors (Lipinski definition) is 6. The zero-order chi connectivity index (χ0) is 16.0. The molecule has 21 heavy (non-hydrogen) atoms. The van der Waals surface area contributed by atoms with Gasteiger partial charge in [-0.2, -0.15) is 0 Å². The van der Waals surface area contributed by atoms with Crippen LogP contribution in [0.2, 0.25) is 0 Å². The van der Waals surface area contributed by atoms with Crippen molar-refractivity contribution in [2.24, 2.45) is 0 Å². The van der Waals surface area contributed by atoms with Crippen molar-refractivity contribution in [2.45, 2.75) is 11.3 Å². The van der Waals surface area contributed by atoms with Crippen LogP contribution in [0.4, 0.5) is 11.4 Å². The molecule has 0 aliphatic carbocycles. The number of anilines is 1. The van der Waals surface area contributed by atoms with Gasteiger partial charge < -0.3 is 10.1 Å². The van der Waals surface area contributed by atoms with E-state index in [-0.39, 0.29) is 16.3 Å². The minimum Gasteiger partial charge on any atom is -0.387 e. The van der Waals surface area contributed by atoms with Crippen molar-refractivity contribution in [3.8, 4) is 0 Å². The molecule has 8 nitrogen and oxygen atoms in total. The Hall–Kier alpha value is -1.71. The van der Waals surface area contributed by atoms with Gasteiger partial charge in [0, 0.05) is 46.5 Å². The van der Waals surface area contributed by atoms with Gasteiger partial charge in [-0.1, -0.05) is 0 Å². The van der Waals surface area contributed by atoms with Gasteiger partial charge in [-0.3, -0.25) is 10.1 Å². The summed E-state index contributed by atoms with van der Waals surface area (Å²) < 4.78 is 31.0. The highest BCUT2D eigenvalue weighted by atomic mass is 32.2. The molecule has 0 spiro atoms. The van der Waals surface area contributed by atoms with E-state index in [1.807, 2.05) is 0 Å². The molecule has 0 radical (unpaired) electrons. The Morgan fingerprint density at radius 1 is 1.43 bits per heavy atom. The summed E-state index contributed by atoms with van der Waals surface area (Å²) >= 11 is 0. The summed E-state index contributed by atoms with van der Waals surface area (Å²) in [6, 6.07) is 3.62. The fourth-order valence-electron chi connectivity index (χ4n) is 1.77. The fourth-order valence-corrected chi connectivity index (χ4v) is 3.16. The molecule has 0 heterocycles. The lowest BCUT2D eigenvalue weighted by Gasteiger charge is -2.19. The minimum atomic E-state index is -3.71. The van der Waals surface area contributed by atoms with E-state index in [0.717, 1.165) is 0 Å². The van der Waals surface area contributed by atoms with Crippen LogP contribution in [0.3, 0.4) is 0 Å². The topological polar surface area (TPSA) is 102 Å². The number of nitro groups is 1. The zero-order valence-electron chi connectivity index (χ0n) is 12.2. The molecule has 1 aromatic rings. The molecule has 1 aromatic carbocycles. The molecule has 9 heteroatoms. The van der Waals surface area contributed by atoms with Crippen LogP contribution in [-0.4, -0.2) is 52.0 Å². The van der Waals surface area contributed by atoms with Gasteiger partial charge in [0.25, 0.3) is 5.69 Å². The Labute approximate surface area is 123 Å². The van der Waals surface area contributed by atoms with Gasteiger partial charge in [-0.15, -0.1) is 0 Å². The quantitative estimate of drug-likeness (QED) is 0.440. The number of sulfonamides is 1. The van der Waals surface area contributed by atoms with Crippen molar-refractivity contribution < 1.29 is 18.1 Å². The van der Waals surface area contributed by atoms with Gasteiger partial charge in [-0.25, -0.2) is 12.7 Å². The molecular weight excluding hydrogens is 298 g/mol. The van der Waals surface area contributed by atoms with E-state index in [4.69, 9.17) is 4.74 Å². The van der Waals surface area contributed by atoms with E-state index < -0.39 is 14.9 Å². The Morgan fingerprint density at radius 2 is 2.10 bits per heavy atom. The number of methoxy groups -OCH3 is 1. The highest BCUT2D eigenvalue weighted by Crippen LogP contribution is 2.28. The third-order valence-corrected chi connectivity index (χ3v) is 4.87. The molecule has 1 rings (SSSR count). The third kappa shape index (κ3) is 4.13. The first kappa shape index (κ1) is 17.3. The van der Waals surface area contributed by atoms with Crippen LogP contribution in [-0.2, 0) is 14.8 Å². The summed E-state index contributed by atoms with van der Waals surface area (Å²) in [5.41, 5.74) is 0.0307. The molecule has 0 aliphatic rings. The summed E-state index contributed by atoms with van der Waals surface area (Å²) in [5, 5.41) is 13.4. The van der Waals surface area contributed by atoms with E-state index in [1.54, 1.807) is 7.11 Å². The van der Waals surface area contributed by atoms with Crippen molar-refractivity contribution in [3.05, 3.63) is 28.3 Å². The van der Waals surface area contributed by atoms with Gasteiger partial charge in [0.15, 0.2) is 0 Å². The Balaban J connectivity index is 3.10. The number of non-ortho nitro benzene ring substituents is 1. The van der Waals surface area contributed by atoms with Crippen LogP contribution in [0.15, 0.2) is 23.1 Å². The first-order valence-electron chi connectivity index (χ1n) is 6.26. The predicted octanol–water partition coefficient (Wildman–Crippen LogP) is 1.29. The van der Waals surface area contributed by atoms with Gasteiger partial charge in [-0.05, 0) is 12.5 Å². The second kappa shape index (κ2) is 7.34. The van der Waals surface area contributed by atoms with Gasteiger partial charge in [0.1, 0.15) is 4.90 Å². The molecule has 1 N–H and O–H groups in total. The molecule has 0 unspecified atom stereocenters. The van der Waals surface area contributed by atoms with Crippen LogP contribution in [0, 0.1) is 10.1 Å². The number of ether oxygens (including phenoxy) is 1. The summed E-state index contributed by atoms with van der Waals surface area (Å²) in [7, 11) is 0.815. The number of nitro benzene ring substituents is 1. The zero-order valence-corrected chi connectivity index (χ0v) is 13.0. The van der Waals surface area contributed by atoms with Crippen molar-refractivity contribution in [1.82, 2.24) is 4.31 Å². The largest absolute Gasteiger partial charge is 0.387 e. The molecule has 0 saturated carbocycles. The van der Waals surface area contributed by atoms with Crippen LogP contribution in [0.5, 0.6) is 0 Å². The summed E-state index contributed by atoms with van der Waals surface area (Å²) in [6.07, 6.45) is 0.564. The van der Waals surface area contributed by atoms with Crippen LogP contribution >= 0.6 is 0 Å². The monoisotopic (exact) mass is 317 g/mol. The Morgan fingerprint density at radius 3 is 2.62 bits per heavy atom. The van der Waals surface area contributed by atoms with Gasteiger partial charge in [0.05, 0.1) is 10.6 Å². The van der Waals surface area contributed by atoms with Gasteiger partial charge >= 0.3 is 0 Å². The third-order valence-electron chi connectivity index (χ3n) is 2.95. The van der Waals surface area contributed by atoms with E-state index in [1.165, 1.54) is 36.6 Å². The maximum atomic E-state index is 12.5. The molecule has 0 saturated heterocycles. The van der Waals surface area contributed by atoms with Gasteiger partial charge in [0.2, 0.25) is 10.0 Å². The van der Waals surface area contributed by atoms with E-state index >= 15 is 0 Å². The Bertz CT molecular complexity index is 603.